The summed E-state index contributed by atoms with van der Waals surface area (Å²) in [5.74, 6) is 0.607. The van der Waals surface area contributed by atoms with Gasteiger partial charge in [-0.05, 0) is 50.8 Å². The Hall–Kier alpha value is -1.77. The predicted octanol–water partition coefficient (Wildman–Crippen LogP) is 4.54. The Morgan fingerprint density at radius 1 is 1.36 bits per heavy atom. The number of hydrogen-bond donors (Lipinski definition) is 0. The maximum Gasteiger partial charge on any atom is 0.331 e. The lowest BCUT2D eigenvalue weighted by Crippen LogP contribution is -2.23. The lowest BCUT2D eigenvalue weighted by Gasteiger charge is -2.24. The number of hydrogen-bond acceptors (Lipinski definition) is 3. The zero-order valence-electron chi connectivity index (χ0n) is 14.1. The van der Waals surface area contributed by atoms with Crippen molar-refractivity contribution in [1.29, 1.82) is 0 Å². The maximum atomic E-state index is 12.1. The van der Waals surface area contributed by atoms with Crippen LogP contribution in [0, 0.1) is 0 Å². The number of aryl methyl sites for hydroxylation is 1. The monoisotopic (exact) mass is 302 g/mol. The zero-order valence-corrected chi connectivity index (χ0v) is 14.1. The fraction of sp³-hybridized carbons (Fsp3) is 0.526. The molecule has 2 rings (SSSR count). The lowest BCUT2D eigenvalue weighted by molar-refractivity contribution is -0.148. The largest absolute Gasteiger partial charge is 0.493 e. The molecule has 0 N–H and O–H groups in total. The minimum absolute atomic E-state index is 0.277. The quantitative estimate of drug-likeness (QED) is 0.605. The molecule has 0 saturated carbocycles. The van der Waals surface area contributed by atoms with E-state index in [2.05, 4.69) is 13.0 Å². The van der Waals surface area contributed by atoms with Gasteiger partial charge in [-0.25, -0.2) is 4.79 Å². The molecule has 1 aromatic rings. The molecule has 0 bridgehead atoms. The number of unbranched alkanes of at least 4 members (excludes halogenated alkanes) is 1. The van der Waals surface area contributed by atoms with Crippen molar-refractivity contribution in [3.63, 3.8) is 0 Å². The molecule has 1 aromatic carbocycles. The summed E-state index contributed by atoms with van der Waals surface area (Å²) in [5.41, 5.74) is 2.91. The van der Waals surface area contributed by atoms with Crippen molar-refractivity contribution in [2.45, 2.75) is 59.0 Å². The van der Waals surface area contributed by atoms with Crippen LogP contribution < -0.4 is 4.74 Å². The molecule has 0 radical (unpaired) electrons. The number of fused-ring (bicyclic) bond motifs is 1. The Morgan fingerprint density at radius 2 is 2.14 bits per heavy atom. The van der Waals surface area contributed by atoms with Crippen LogP contribution in [0.5, 0.6) is 5.75 Å². The average Bonchev–Trinajstić information content (AvgIpc) is 2.43. The highest BCUT2D eigenvalue weighted by atomic mass is 16.6. The lowest BCUT2D eigenvalue weighted by atomic mass is 9.92. The number of benzene rings is 1. The van der Waals surface area contributed by atoms with Crippen LogP contribution in [0.4, 0.5) is 0 Å². The third kappa shape index (κ3) is 4.36. The van der Waals surface area contributed by atoms with Gasteiger partial charge in [0, 0.05) is 18.1 Å². The first-order valence-electron chi connectivity index (χ1n) is 8.09. The maximum absolute atomic E-state index is 12.1. The summed E-state index contributed by atoms with van der Waals surface area (Å²) in [6.45, 7) is 8.44. The number of esters is 1. The van der Waals surface area contributed by atoms with Crippen molar-refractivity contribution in [1.82, 2.24) is 0 Å². The fourth-order valence-electron chi connectivity index (χ4n) is 2.65. The molecule has 0 fully saturated rings. The molecule has 0 spiro atoms. The zero-order chi connectivity index (χ0) is 16.2. The third-order valence-corrected chi connectivity index (χ3v) is 3.56. The molecule has 0 saturated heterocycles. The van der Waals surface area contributed by atoms with Crippen LogP contribution in [0.3, 0.4) is 0 Å². The highest BCUT2D eigenvalue weighted by molar-refractivity contribution is 5.93. The van der Waals surface area contributed by atoms with E-state index in [4.69, 9.17) is 9.47 Å². The van der Waals surface area contributed by atoms with Crippen molar-refractivity contribution >= 4 is 11.5 Å². The second kappa shape index (κ2) is 6.99. The molecule has 0 aliphatic carbocycles. The number of carbonyl (C=O) groups excluding carboxylic acids is 1. The van der Waals surface area contributed by atoms with Crippen LogP contribution >= 0.6 is 0 Å². The minimum Gasteiger partial charge on any atom is -0.493 e. The summed E-state index contributed by atoms with van der Waals surface area (Å²) in [6.07, 6.45) is 5.68. The van der Waals surface area contributed by atoms with E-state index in [1.807, 2.05) is 32.9 Å². The first kappa shape index (κ1) is 16.6. The van der Waals surface area contributed by atoms with Gasteiger partial charge in [0.25, 0.3) is 0 Å². The molecular formula is C19H26O3. The normalized spacial score (nSPS) is 16.1. The topological polar surface area (TPSA) is 35.5 Å². The molecule has 0 unspecified atom stereocenters. The smallest absolute Gasteiger partial charge is 0.331 e. The molecule has 120 valence electrons. The average molecular weight is 302 g/mol. The Morgan fingerprint density at radius 3 is 2.82 bits per heavy atom. The van der Waals surface area contributed by atoms with Gasteiger partial charge >= 0.3 is 5.97 Å². The van der Waals surface area contributed by atoms with Gasteiger partial charge in [-0.1, -0.05) is 25.5 Å². The van der Waals surface area contributed by atoms with Gasteiger partial charge in [0.1, 0.15) is 11.4 Å². The van der Waals surface area contributed by atoms with Crippen LogP contribution in [0.25, 0.3) is 5.57 Å². The van der Waals surface area contributed by atoms with Gasteiger partial charge < -0.3 is 9.47 Å². The summed E-state index contributed by atoms with van der Waals surface area (Å²) in [5, 5.41) is 0. The van der Waals surface area contributed by atoms with E-state index in [9.17, 15) is 4.79 Å². The van der Waals surface area contributed by atoms with E-state index < -0.39 is 5.60 Å². The molecule has 0 aromatic heterocycles. The predicted molar refractivity (Wildman–Crippen MR) is 89.0 cm³/mol. The number of rotatable bonds is 4. The molecule has 1 aliphatic heterocycles. The Balaban J connectivity index is 2.32. The Kier molecular flexibility index (Phi) is 5.28. The van der Waals surface area contributed by atoms with E-state index in [0.717, 1.165) is 42.6 Å². The molecule has 1 aliphatic rings. The second-order valence-electron chi connectivity index (χ2n) is 6.70. The first-order chi connectivity index (χ1) is 10.4. The van der Waals surface area contributed by atoms with Crippen LogP contribution in [-0.2, 0) is 16.0 Å². The highest BCUT2D eigenvalue weighted by Gasteiger charge is 2.21. The van der Waals surface area contributed by atoms with Crippen LogP contribution in [-0.4, -0.2) is 18.2 Å². The first-order valence-corrected chi connectivity index (χ1v) is 8.09. The van der Waals surface area contributed by atoms with E-state index in [1.165, 1.54) is 5.56 Å². The summed E-state index contributed by atoms with van der Waals surface area (Å²) < 4.78 is 11.2. The van der Waals surface area contributed by atoms with E-state index in [-0.39, 0.29) is 5.97 Å². The van der Waals surface area contributed by atoms with Crippen molar-refractivity contribution in [2.24, 2.45) is 0 Å². The van der Waals surface area contributed by atoms with Crippen molar-refractivity contribution in [2.75, 3.05) is 6.61 Å². The number of carbonyl (C=O) groups is 1. The minimum atomic E-state index is -0.468. The van der Waals surface area contributed by atoms with E-state index >= 15 is 0 Å². The molecular weight excluding hydrogens is 276 g/mol. The van der Waals surface area contributed by atoms with Gasteiger partial charge in [-0.15, -0.1) is 0 Å². The summed E-state index contributed by atoms with van der Waals surface area (Å²) in [6, 6.07) is 6.14. The standard InChI is InChI=1S/C19H26O3/c1-5-6-8-14-9-7-10-16-18(14)15(11-12-21-16)13-17(20)22-19(2,3)4/h7,9-10,13H,5-6,8,11-12H2,1-4H3/b15-13+. The van der Waals surface area contributed by atoms with E-state index in [0.29, 0.717) is 6.61 Å². The number of ether oxygens (including phenoxy) is 2. The van der Waals surface area contributed by atoms with Crippen molar-refractivity contribution < 1.29 is 14.3 Å². The van der Waals surface area contributed by atoms with Crippen molar-refractivity contribution in [3.8, 4) is 5.75 Å². The highest BCUT2D eigenvalue weighted by Crippen LogP contribution is 2.36. The summed E-state index contributed by atoms with van der Waals surface area (Å²) in [4.78, 5) is 12.1. The van der Waals surface area contributed by atoms with Gasteiger partial charge in [-0.2, -0.15) is 0 Å². The molecule has 3 nitrogen and oxygen atoms in total. The summed E-state index contributed by atoms with van der Waals surface area (Å²) >= 11 is 0. The Bertz CT molecular complexity index is 565. The van der Waals surface area contributed by atoms with Crippen molar-refractivity contribution in [3.05, 3.63) is 35.4 Å². The van der Waals surface area contributed by atoms with Crippen LogP contribution in [0.2, 0.25) is 0 Å². The SMILES string of the molecule is CCCCc1cccc2c1/C(=C/C(=O)OC(C)(C)C)CCO2. The molecule has 1 heterocycles. The molecule has 22 heavy (non-hydrogen) atoms. The third-order valence-electron chi connectivity index (χ3n) is 3.56. The van der Waals surface area contributed by atoms with Crippen LogP contribution in [0.15, 0.2) is 24.3 Å². The molecule has 0 amide bonds. The van der Waals surface area contributed by atoms with Gasteiger partial charge in [-0.3, -0.25) is 0 Å². The molecule has 3 heteroatoms. The van der Waals surface area contributed by atoms with Crippen LogP contribution in [0.1, 0.15) is 58.1 Å². The fourth-order valence-corrected chi connectivity index (χ4v) is 2.65. The van der Waals surface area contributed by atoms with Gasteiger partial charge in [0.15, 0.2) is 0 Å². The second-order valence-corrected chi connectivity index (χ2v) is 6.70. The summed E-state index contributed by atoms with van der Waals surface area (Å²) in [7, 11) is 0. The Labute approximate surface area is 133 Å². The van der Waals surface area contributed by atoms with E-state index in [1.54, 1.807) is 6.08 Å². The van der Waals surface area contributed by atoms with Gasteiger partial charge in [0.2, 0.25) is 0 Å². The molecule has 0 atom stereocenters. The van der Waals surface area contributed by atoms with Gasteiger partial charge in [0.05, 0.1) is 6.61 Å².